The average Bonchev–Trinajstić information content (AvgIpc) is 4.23. The van der Waals surface area contributed by atoms with Crippen LogP contribution in [0.15, 0.2) is 48.6 Å². The van der Waals surface area contributed by atoms with Crippen molar-refractivity contribution in [1.82, 2.24) is 52.2 Å². The third-order valence-corrected chi connectivity index (χ3v) is 15.1. The summed E-state index contributed by atoms with van der Waals surface area (Å²) in [4.78, 5) is 76.4. The monoisotopic (exact) mass is 1090 g/mol. The maximum atomic E-state index is 14.0. The topological polar surface area (TPSA) is 304 Å². The molecule has 8 rings (SSSR count). The number of amides is 5. The van der Waals surface area contributed by atoms with E-state index in [0.29, 0.717) is 65.3 Å². The zero-order valence-corrected chi connectivity index (χ0v) is 45.8. The average molecular weight is 1090 g/mol. The number of rotatable bonds is 17. The molecule has 0 unspecified atom stereocenters. The van der Waals surface area contributed by atoms with E-state index in [0.717, 1.165) is 0 Å². The number of ether oxygens (including phenoxy) is 3. The van der Waals surface area contributed by atoms with Crippen LogP contribution in [0.4, 0.5) is 16.7 Å². The largest absolute Gasteiger partial charge is 0.494 e. The molecule has 2 fully saturated rings. The van der Waals surface area contributed by atoms with Crippen molar-refractivity contribution in [2.24, 2.45) is 17.4 Å². The number of methoxy groups -OCH3 is 1. The van der Waals surface area contributed by atoms with Crippen LogP contribution in [0.5, 0.6) is 11.5 Å². The van der Waals surface area contributed by atoms with Gasteiger partial charge in [-0.3, -0.25) is 39.2 Å². The van der Waals surface area contributed by atoms with Crippen molar-refractivity contribution in [2.45, 2.75) is 93.1 Å². The number of nitrogens with two attached hydrogens (primary N) is 2. The molecule has 5 amide bonds. The first-order chi connectivity index (χ1) is 37.1. The fraction of sp³-hybridized carbons (Fsp3) is 0.442. The van der Waals surface area contributed by atoms with Crippen molar-refractivity contribution >= 4 is 73.9 Å². The second-order valence-corrected chi connectivity index (χ2v) is 21.6. The molecule has 0 aliphatic carbocycles. The fourth-order valence-corrected chi connectivity index (χ4v) is 10.9. The van der Waals surface area contributed by atoms with Crippen molar-refractivity contribution in [2.75, 3.05) is 63.6 Å². The van der Waals surface area contributed by atoms with E-state index in [1.54, 1.807) is 77.4 Å². The van der Waals surface area contributed by atoms with E-state index in [1.807, 2.05) is 13.8 Å². The molecule has 2 saturated heterocycles. The predicted octanol–water partition coefficient (Wildman–Crippen LogP) is 4.29. The van der Waals surface area contributed by atoms with Gasteiger partial charge in [0.15, 0.2) is 0 Å². The van der Waals surface area contributed by atoms with Gasteiger partial charge in [0.2, 0.25) is 23.7 Å². The number of aryl methyl sites for hydroxylation is 4. The number of fused-ring (bicyclic) bond motifs is 2. The molecule has 0 bridgehead atoms. The summed E-state index contributed by atoms with van der Waals surface area (Å²) in [7, 11) is -2.33. The Labute approximate surface area is 451 Å². The van der Waals surface area contributed by atoms with E-state index in [1.165, 1.54) is 44.9 Å². The zero-order valence-electron chi connectivity index (χ0n) is 45.0. The zero-order chi connectivity index (χ0) is 56.2. The van der Waals surface area contributed by atoms with Crippen molar-refractivity contribution in [3.63, 3.8) is 0 Å². The molecule has 0 spiro atoms. The van der Waals surface area contributed by atoms with Gasteiger partial charge in [0, 0.05) is 82.5 Å². The normalized spacial score (nSPS) is 14.9. The Kier molecular flexibility index (Phi) is 16.6. The van der Waals surface area contributed by atoms with Gasteiger partial charge < -0.3 is 39.7 Å². The van der Waals surface area contributed by atoms with Gasteiger partial charge in [-0.05, 0) is 97.7 Å². The lowest BCUT2D eigenvalue weighted by molar-refractivity contribution is 0.0189. The first kappa shape index (κ1) is 55.9. The summed E-state index contributed by atoms with van der Waals surface area (Å²) in [6.45, 7) is 14.9. The second kappa shape index (κ2) is 23.1. The van der Waals surface area contributed by atoms with E-state index >= 15 is 0 Å². The van der Waals surface area contributed by atoms with Gasteiger partial charge in [0.05, 0.1) is 29.5 Å². The van der Waals surface area contributed by atoms with Gasteiger partial charge in [0.1, 0.15) is 46.1 Å². The van der Waals surface area contributed by atoms with Gasteiger partial charge in [-0.25, -0.2) is 14.8 Å². The van der Waals surface area contributed by atoms with E-state index in [-0.39, 0.29) is 105 Å². The molecule has 25 nitrogen and oxygen atoms in total. The number of nitrogens with one attached hydrogen (secondary N) is 2. The number of benzene rings is 2. The van der Waals surface area contributed by atoms with Crippen LogP contribution >= 0.6 is 0 Å². The van der Waals surface area contributed by atoms with Crippen molar-refractivity contribution in [3.05, 3.63) is 82.5 Å². The standard InChI is InChI=1S/C52H65N15O10S/c1-9-66-39(26-32(3)59-66)47(70)57-49-55-37-28-35(45(53)68)30-41(75-8)43(37)64(49)17-11-12-18-65-44-38(56-50(65)58-48(71)40-27-33(4)60-67(40)10-2)29-36(46(54)69)31-42(44)76-25-13-14-34-15-19-62(20-16-34)78(73,74)63-23-21-61(22-24-63)51(72)77-52(5,6)7/h11-12,26-31,34H,9-10,15-25H2,1-8H3,(H2,53,68)(H2,54,69)(H,55,57,70)(H,56,58,71)/b12-11+. The Morgan fingerprint density at radius 1 is 0.718 bits per heavy atom. The minimum Gasteiger partial charge on any atom is -0.494 e. The summed E-state index contributed by atoms with van der Waals surface area (Å²) in [5.41, 5.74) is 14.4. The summed E-state index contributed by atoms with van der Waals surface area (Å²) >= 11 is 0. The number of aromatic nitrogens is 8. The number of piperidine rings is 1. The summed E-state index contributed by atoms with van der Waals surface area (Å²) < 4.78 is 54.2. The quantitative estimate of drug-likeness (QED) is 0.0732. The number of carbonyl (C=O) groups is 5. The molecule has 0 atom stereocenters. The smallest absolute Gasteiger partial charge is 0.410 e. The number of hydrogen-bond donors (Lipinski definition) is 4. The number of anilines is 2. The molecular weight excluding hydrogens is 1030 g/mol. The molecule has 414 valence electrons. The third kappa shape index (κ3) is 12.3. The van der Waals surface area contributed by atoms with Crippen LogP contribution in [0.2, 0.25) is 0 Å². The lowest BCUT2D eigenvalue weighted by Crippen LogP contribution is -2.55. The first-order valence-electron chi connectivity index (χ1n) is 25.5. The number of piperazine rings is 1. The summed E-state index contributed by atoms with van der Waals surface area (Å²) in [6, 6.07) is 9.32. The molecule has 0 radical (unpaired) electrons. The summed E-state index contributed by atoms with van der Waals surface area (Å²) in [5, 5.41) is 14.7. The Morgan fingerprint density at radius 2 is 1.19 bits per heavy atom. The van der Waals surface area contributed by atoms with Gasteiger partial charge in [0.25, 0.3) is 22.0 Å². The molecular formula is C52H65N15O10S. The van der Waals surface area contributed by atoms with Crippen LogP contribution in [0, 0.1) is 31.6 Å². The minimum atomic E-state index is -3.77. The highest BCUT2D eigenvalue weighted by atomic mass is 32.2. The van der Waals surface area contributed by atoms with E-state index in [9.17, 15) is 32.4 Å². The molecule has 2 aliphatic rings. The molecule has 2 aromatic carbocycles. The number of hydrogen-bond acceptors (Lipinski definition) is 14. The molecule has 4 aromatic heterocycles. The lowest BCUT2D eigenvalue weighted by atomic mass is 9.99. The Balaban J connectivity index is 1.05. The number of allylic oxidation sites excluding steroid dienone is 2. The molecule has 26 heteroatoms. The molecule has 6 aromatic rings. The molecule has 78 heavy (non-hydrogen) atoms. The van der Waals surface area contributed by atoms with Crippen LogP contribution in [-0.4, -0.2) is 149 Å². The third-order valence-electron chi connectivity index (χ3n) is 13.1. The maximum absolute atomic E-state index is 14.0. The van der Waals surface area contributed by atoms with Gasteiger partial charge >= 0.3 is 6.09 Å². The number of primary amides is 2. The van der Waals surface area contributed by atoms with Crippen molar-refractivity contribution in [3.8, 4) is 23.3 Å². The highest BCUT2D eigenvalue weighted by molar-refractivity contribution is 7.86. The van der Waals surface area contributed by atoms with E-state index < -0.39 is 45.5 Å². The number of imidazole rings is 2. The minimum absolute atomic E-state index is 0.0727. The van der Waals surface area contributed by atoms with Gasteiger partial charge in [-0.15, -0.1) is 0 Å². The second-order valence-electron chi connectivity index (χ2n) is 19.7. The highest BCUT2D eigenvalue weighted by Gasteiger charge is 2.36. The summed E-state index contributed by atoms with van der Waals surface area (Å²) in [5.74, 6) is 4.50. The Morgan fingerprint density at radius 3 is 1.65 bits per heavy atom. The summed E-state index contributed by atoms with van der Waals surface area (Å²) in [6.07, 6.45) is 4.10. The lowest BCUT2D eigenvalue weighted by Gasteiger charge is -2.38. The van der Waals surface area contributed by atoms with E-state index in [4.69, 9.17) is 35.6 Å². The number of carbonyl (C=O) groups excluding carboxylic acids is 5. The molecule has 0 saturated carbocycles. The molecule has 6 heterocycles. The maximum Gasteiger partial charge on any atom is 0.410 e. The van der Waals surface area contributed by atoms with Crippen LogP contribution < -0.4 is 31.6 Å². The van der Waals surface area contributed by atoms with Crippen molar-refractivity contribution < 1.29 is 46.6 Å². The fourth-order valence-electron chi connectivity index (χ4n) is 9.31. The molecule has 6 N–H and O–H groups in total. The SMILES string of the molecule is CCn1nc(C)cc1C(=O)Nc1nc2cc(C(N)=O)cc(OC)c2n1C/C=C/Cn1c(NC(=O)c2cc(C)nn2CC)nc2cc(C(N)=O)cc(OCC#CC3CCN(S(=O)(=O)N4CCN(C(=O)OC(C)(C)C)CC4)CC3)c21. The molecule has 2 aliphatic heterocycles. The predicted molar refractivity (Wildman–Crippen MR) is 289 cm³/mol. The van der Waals surface area contributed by atoms with Gasteiger partial charge in [-0.2, -0.15) is 27.2 Å². The number of nitrogens with zero attached hydrogens (tertiary/aromatic N) is 11. The van der Waals surface area contributed by atoms with Crippen LogP contribution in [0.25, 0.3) is 22.1 Å². The Bertz CT molecular complexity index is 3500. The van der Waals surface area contributed by atoms with E-state index in [2.05, 4.69) is 32.7 Å². The van der Waals surface area contributed by atoms with Gasteiger partial charge in [-0.1, -0.05) is 24.0 Å². The first-order valence-corrected chi connectivity index (χ1v) is 26.9. The van der Waals surface area contributed by atoms with Crippen LogP contribution in [0.3, 0.4) is 0 Å². The highest BCUT2D eigenvalue weighted by Crippen LogP contribution is 2.33. The van der Waals surface area contributed by atoms with Crippen LogP contribution in [0.1, 0.15) is 101 Å². The van der Waals surface area contributed by atoms with Crippen molar-refractivity contribution in [1.29, 1.82) is 0 Å². The Hall–Kier alpha value is -8.28. The van der Waals surface area contributed by atoms with Crippen LogP contribution in [-0.2, 0) is 41.1 Å².